The van der Waals surface area contributed by atoms with Gasteiger partial charge >= 0.3 is 5.91 Å². The number of benzene rings is 1. The molecule has 1 rings (SSSR count). The zero-order chi connectivity index (χ0) is 12.9. The number of quaternary nitrogens is 1. The number of carbonyl (C=O) groups is 1. The molecule has 0 saturated heterocycles. The van der Waals surface area contributed by atoms with Gasteiger partial charge in [0.05, 0.1) is 14.0 Å². The minimum atomic E-state index is -0.187. The number of amides is 1. The lowest BCUT2D eigenvalue weighted by atomic mass is 10.3. The summed E-state index contributed by atoms with van der Waals surface area (Å²) < 4.78 is -0.187. The number of rotatable bonds is 5. The summed E-state index contributed by atoms with van der Waals surface area (Å²) in [5, 5.41) is 1.97. The number of hydrogen-bond donors (Lipinski definition) is 0. The molecule has 0 spiro atoms. The second-order valence-corrected chi connectivity index (χ2v) is 3.75. The Morgan fingerprint density at radius 2 is 1.76 bits per heavy atom. The number of hydrogen-bond acceptors (Lipinski definition) is 3. The Kier molecular flexibility index (Phi) is 4.81. The molecule has 0 saturated carbocycles. The van der Waals surface area contributed by atoms with Crippen molar-refractivity contribution in [1.29, 1.82) is 0 Å². The zero-order valence-corrected chi connectivity index (χ0v) is 11.0. The highest BCUT2D eigenvalue weighted by Gasteiger charge is 2.43. The van der Waals surface area contributed by atoms with E-state index in [0.29, 0.717) is 0 Å². The molecule has 0 heterocycles. The Morgan fingerprint density at radius 3 is 2.12 bits per heavy atom. The van der Waals surface area contributed by atoms with Gasteiger partial charge in [-0.25, -0.2) is 4.79 Å². The predicted molar refractivity (Wildman–Crippen MR) is 68.8 cm³/mol. The average molecular weight is 237 g/mol. The van der Waals surface area contributed by atoms with Crippen LogP contribution in [-0.2, 0) is 9.63 Å². The molecule has 0 aromatic heterocycles. The Morgan fingerprint density at radius 1 is 1.24 bits per heavy atom. The van der Waals surface area contributed by atoms with Gasteiger partial charge in [-0.2, -0.15) is 4.84 Å². The summed E-state index contributed by atoms with van der Waals surface area (Å²) in [6.45, 7) is 7.05. The number of hydroxylamine groups is 1. The van der Waals surface area contributed by atoms with Crippen LogP contribution in [0.2, 0.25) is 0 Å². The van der Waals surface area contributed by atoms with E-state index in [9.17, 15) is 4.79 Å². The van der Waals surface area contributed by atoms with E-state index in [4.69, 9.17) is 4.84 Å². The number of para-hydroxylation sites is 1. The first kappa shape index (κ1) is 13.8. The molecule has 0 bridgehead atoms. The summed E-state index contributed by atoms with van der Waals surface area (Å²) in [7, 11) is 1.56. The molecule has 1 amide bonds. The summed E-state index contributed by atoms with van der Waals surface area (Å²) in [6, 6.07) is 9.56. The lowest BCUT2D eigenvalue weighted by Gasteiger charge is -2.37. The van der Waals surface area contributed by atoms with Crippen LogP contribution in [0.1, 0.15) is 20.8 Å². The molecule has 17 heavy (non-hydrogen) atoms. The van der Waals surface area contributed by atoms with E-state index in [1.165, 1.54) is 0 Å². The zero-order valence-electron chi connectivity index (χ0n) is 11.0. The fourth-order valence-electron chi connectivity index (χ4n) is 2.15. The molecule has 0 aliphatic carbocycles. The van der Waals surface area contributed by atoms with Gasteiger partial charge in [-0.05, 0) is 18.6 Å². The summed E-state index contributed by atoms with van der Waals surface area (Å²) in [6.07, 6.45) is 0. The SMILES string of the molecule is CCN(CC)[N+](OC)(C(C)=O)c1ccccc1. The first-order chi connectivity index (χ1) is 8.13. The molecule has 1 aromatic carbocycles. The Hall–Kier alpha value is -1.23. The van der Waals surface area contributed by atoms with Crippen LogP contribution in [-0.4, -0.2) is 31.1 Å². The second kappa shape index (κ2) is 5.91. The van der Waals surface area contributed by atoms with Gasteiger partial charge in [0.15, 0.2) is 5.69 Å². The molecule has 0 aliphatic heterocycles. The molecule has 1 aromatic rings. The van der Waals surface area contributed by atoms with Crippen LogP contribution in [0.4, 0.5) is 5.69 Å². The molecule has 4 nitrogen and oxygen atoms in total. The van der Waals surface area contributed by atoms with Crippen molar-refractivity contribution in [3.05, 3.63) is 30.3 Å². The molecule has 4 heteroatoms. The predicted octanol–water partition coefficient (Wildman–Crippen LogP) is 2.36. The van der Waals surface area contributed by atoms with Crippen molar-refractivity contribution in [2.45, 2.75) is 20.8 Å². The van der Waals surface area contributed by atoms with Gasteiger partial charge in [0.25, 0.3) is 0 Å². The molecular weight excluding hydrogens is 216 g/mol. The van der Waals surface area contributed by atoms with Crippen molar-refractivity contribution in [2.75, 3.05) is 20.2 Å². The van der Waals surface area contributed by atoms with Gasteiger partial charge < -0.3 is 0 Å². The largest absolute Gasteiger partial charge is 0.367 e. The minimum absolute atomic E-state index is 0.0533. The number of nitrogens with zero attached hydrogens (tertiary/aromatic N) is 2. The van der Waals surface area contributed by atoms with E-state index in [2.05, 4.69) is 0 Å². The van der Waals surface area contributed by atoms with Crippen LogP contribution in [0.5, 0.6) is 0 Å². The summed E-state index contributed by atoms with van der Waals surface area (Å²) in [5.74, 6) is -0.0533. The smallest absolute Gasteiger partial charge is 0.225 e. The van der Waals surface area contributed by atoms with Crippen LogP contribution in [0.15, 0.2) is 30.3 Å². The van der Waals surface area contributed by atoms with Gasteiger partial charge in [-0.3, -0.25) is 0 Å². The maximum Gasteiger partial charge on any atom is 0.367 e. The fraction of sp³-hybridized carbons (Fsp3) is 0.462. The molecule has 0 N–H and O–H groups in total. The fourth-order valence-corrected chi connectivity index (χ4v) is 2.15. The summed E-state index contributed by atoms with van der Waals surface area (Å²) in [5.41, 5.74) is 0.825. The normalized spacial score (nSPS) is 14.6. The van der Waals surface area contributed by atoms with Gasteiger partial charge in [0, 0.05) is 25.2 Å². The highest BCUT2D eigenvalue weighted by Crippen LogP contribution is 2.26. The van der Waals surface area contributed by atoms with E-state index in [1.807, 2.05) is 49.2 Å². The second-order valence-electron chi connectivity index (χ2n) is 3.75. The third-order valence-electron chi connectivity index (χ3n) is 2.93. The van der Waals surface area contributed by atoms with Crippen LogP contribution in [0, 0.1) is 0 Å². The molecular formula is C13H21N2O2+. The standard InChI is InChI=1S/C13H21N2O2/c1-5-14(6-2)15(17-4,12(3)16)13-10-8-7-9-11-13/h7-11H,5-6H2,1-4H3/q+1. The van der Waals surface area contributed by atoms with Crippen LogP contribution in [0.25, 0.3) is 0 Å². The van der Waals surface area contributed by atoms with Crippen molar-refractivity contribution < 1.29 is 9.63 Å². The minimum Gasteiger partial charge on any atom is -0.225 e. The molecule has 94 valence electrons. The third kappa shape index (κ3) is 2.39. The molecule has 1 unspecified atom stereocenters. The highest BCUT2D eigenvalue weighted by molar-refractivity contribution is 5.83. The van der Waals surface area contributed by atoms with Crippen molar-refractivity contribution in [3.8, 4) is 0 Å². The van der Waals surface area contributed by atoms with Crippen molar-refractivity contribution >= 4 is 11.6 Å². The van der Waals surface area contributed by atoms with E-state index >= 15 is 0 Å². The molecule has 0 fully saturated rings. The number of carbonyl (C=O) groups excluding carboxylic acids is 1. The quantitative estimate of drug-likeness (QED) is 0.581. The monoisotopic (exact) mass is 237 g/mol. The first-order valence-electron chi connectivity index (χ1n) is 5.90. The third-order valence-corrected chi connectivity index (χ3v) is 2.93. The Bertz CT molecular complexity index is 363. The lowest BCUT2D eigenvalue weighted by Crippen LogP contribution is -2.63. The Balaban J connectivity index is 3.32. The van der Waals surface area contributed by atoms with E-state index in [1.54, 1.807) is 14.0 Å². The van der Waals surface area contributed by atoms with Gasteiger partial charge in [-0.15, -0.1) is 5.01 Å². The molecule has 1 atom stereocenters. The molecule has 0 aliphatic rings. The lowest BCUT2D eigenvalue weighted by molar-refractivity contribution is -0.241. The van der Waals surface area contributed by atoms with Gasteiger partial charge in [0.2, 0.25) is 0 Å². The highest BCUT2D eigenvalue weighted by atomic mass is 16.8. The maximum absolute atomic E-state index is 12.1. The van der Waals surface area contributed by atoms with E-state index in [-0.39, 0.29) is 10.7 Å². The topological polar surface area (TPSA) is 29.5 Å². The Labute approximate surface area is 103 Å². The van der Waals surface area contributed by atoms with Crippen LogP contribution < -0.4 is 4.76 Å². The molecule has 0 radical (unpaired) electrons. The van der Waals surface area contributed by atoms with Crippen LogP contribution in [0.3, 0.4) is 0 Å². The summed E-state index contributed by atoms with van der Waals surface area (Å²) in [4.78, 5) is 17.6. The first-order valence-corrected chi connectivity index (χ1v) is 5.90. The van der Waals surface area contributed by atoms with Crippen molar-refractivity contribution in [1.82, 2.24) is 9.76 Å². The van der Waals surface area contributed by atoms with E-state index in [0.717, 1.165) is 18.8 Å². The van der Waals surface area contributed by atoms with Crippen molar-refractivity contribution in [2.24, 2.45) is 0 Å². The average Bonchev–Trinajstić information content (AvgIpc) is 2.36. The van der Waals surface area contributed by atoms with Gasteiger partial charge in [-0.1, -0.05) is 18.2 Å². The van der Waals surface area contributed by atoms with Crippen LogP contribution >= 0.6 is 0 Å². The van der Waals surface area contributed by atoms with Gasteiger partial charge in [0.1, 0.15) is 0 Å². The maximum atomic E-state index is 12.1. The van der Waals surface area contributed by atoms with E-state index < -0.39 is 0 Å². The van der Waals surface area contributed by atoms with Crippen molar-refractivity contribution in [3.63, 3.8) is 0 Å². The summed E-state index contributed by atoms with van der Waals surface area (Å²) >= 11 is 0.